The van der Waals surface area contributed by atoms with Gasteiger partial charge < -0.3 is 4.74 Å². The van der Waals surface area contributed by atoms with Crippen LogP contribution in [0.5, 0.6) is 5.75 Å². The lowest BCUT2D eigenvalue weighted by Gasteiger charge is -2.10. The molecule has 10 heteroatoms. The number of nitrogens with zero attached hydrogens (tertiary/aromatic N) is 6. The zero-order valence-electron chi connectivity index (χ0n) is 16.3. The summed E-state index contributed by atoms with van der Waals surface area (Å²) >= 11 is 1.39. The van der Waals surface area contributed by atoms with E-state index in [1.165, 1.54) is 28.8 Å². The van der Waals surface area contributed by atoms with Gasteiger partial charge in [-0.05, 0) is 30.2 Å². The van der Waals surface area contributed by atoms with Crippen LogP contribution in [-0.4, -0.2) is 36.1 Å². The van der Waals surface area contributed by atoms with Crippen LogP contribution in [0.3, 0.4) is 0 Å². The number of hydrogen-bond acceptors (Lipinski definition) is 7. The highest BCUT2D eigenvalue weighted by molar-refractivity contribution is 7.98. The summed E-state index contributed by atoms with van der Waals surface area (Å²) in [5, 5.41) is 24.1. The van der Waals surface area contributed by atoms with Crippen molar-refractivity contribution in [3.05, 3.63) is 59.4 Å². The fourth-order valence-corrected chi connectivity index (χ4v) is 3.31. The van der Waals surface area contributed by atoms with Crippen molar-refractivity contribution in [1.29, 1.82) is 0 Å². The van der Waals surface area contributed by atoms with Gasteiger partial charge in [-0.15, -0.1) is 16.8 Å². The highest BCUT2D eigenvalue weighted by atomic mass is 32.2. The van der Waals surface area contributed by atoms with Crippen molar-refractivity contribution in [3.8, 4) is 17.1 Å². The molecule has 0 bridgehead atoms. The van der Waals surface area contributed by atoms with Gasteiger partial charge in [0.25, 0.3) is 0 Å². The molecule has 0 saturated heterocycles. The molecular weight excluding hydrogens is 392 g/mol. The molecule has 0 aliphatic heterocycles. The lowest BCUT2D eigenvalue weighted by atomic mass is 10.2. The summed E-state index contributed by atoms with van der Waals surface area (Å²) < 4.78 is 9.17. The summed E-state index contributed by atoms with van der Waals surface area (Å²) in [6.45, 7) is 9.22. The molecule has 9 nitrogen and oxygen atoms in total. The first kappa shape index (κ1) is 20.6. The van der Waals surface area contributed by atoms with Crippen LogP contribution < -0.4 is 4.74 Å². The molecule has 3 aromatic rings. The molecule has 3 rings (SSSR count). The molecule has 2 heterocycles. The van der Waals surface area contributed by atoms with Gasteiger partial charge in [0, 0.05) is 12.1 Å². The van der Waals surface area contributed by atoms with Gasteiger partial charge in [-0.1, -0.05) is 31.7 Å². The predicted octanol–water partition coefficient (Wildman–Crippen LogP) is 4.02. The minimum Gasteiger partial charge on any atom is -0.493 e. The van der Waals surface area contributed by atoms with Gasteiger partial charge in [-0.3, -0.25) is 19.4 Å². The van der Waals surface area contributed by atoms with Crippen LogP contribution in [0.4, 0.5) is 5.69 Å². The SMILES string of the molecule is C=CCn1c(SCn2cc([N+](=O)[O-])cn2)nnc1-c1ccc(OCC(C)C)cc1. The average molecular weight is 414 g/mol. The van der Waals surface area contributed by atoms with Crippen LogP contribution in [0, 0.1) is 16.0 Å². The zero-order chi connectivity index (χ0) is 20.8. The summed E-state index contributed by atoms with van der Waals surface area (Å²) in [5.41, 5.74) is 0.872. The Labute approximate surface area is 172 Å². The molecule has 0 aliphatic carbocycles. The van der Waals surface area contributed by atoms with E-state index < -0.39 is 4.92 Å². The molecule has 2 aromatic heterocycles. The van der Waals surface area contributed by atoms with Crippen molar-refractivity contribution in [2.75, 3.05) is 6.61 Å². The Bertz CT molecular complexity index is 980. The van der Waals surface area contributed by atoms with Crippen LogP contribution in [0.25, 0.3) is 11.4 Å². The van der Waals surface area contributed by atoms with Gasteiger partial charge in [-0.2, -0.15) is 5.10 Å². The summed E-state index contributed by atoms with van der Waals surface area (Å²) in [7, 11) is 0. The Morgan fingerprint density at radius 2 is 2.07 bits per heavy atom. The van der Waals surface area contributed by atoms with Crippen molar-refractivity contribution >= 4 is 17.4 Å². The summed E-state index contributed by atoms with van der Waals surface area (Å²) in [6.07, 6.45) is 4.39. The first-order valence-electron chi connectivity index (χ1n) is 9.05. The lowest BCUT2D eigenvalue weighted by molar-refractivity contribution is -0.385. The molecule has 0 unspecified atom stereocenters. The van der Waals surface area contributed by atoms with Crippen LogP contribution in [0.15, 0.2) is 54.5 Å². The quantitative estimate of drug-likeness (QED) is 0.214. The van der Waals surface area contributed by atoms with E-state index in [0.29, 0.717) is 35.9 Å². The second-order valence-corrected chi connectivity index (χ2v) is 7.62. The third-order valence-corrected chi connectivity index (χ3v) is 4.83. The number of rotatable bonds is 10. The van der Waals surface area contributed by atoms with Crippen molar-refractivity contribution in [2.45, 2.75) is 31.4 Å². The minimum absolute atomic E-state index is 0.0429. The normalized spacial score (nSPS) is 11.0. The van der Waals surface area contributed by atoms with Crippen molar-refractivity contribution in [2.24, 2.45) is 5.92 Å². The Kier molecular flexibility index (Phi) is 6.65. The van der Waals surface area contributed by atoms with Gasteiger partial charge in [0.05, 0.1) is 17.4 Å². The molecule has 1 aromatic carbocycles. The third kappa shape index (κ3) is 5.23. The highest BCUT2D eigenvalue weighted by Crippen LogP contribution is 2.27. The Balaban J connectivity index is 1.75. The summed E-state index contributed by atoms with van der Waals surface area (Å²) in [6, 6.07) is 7.73. The molecule has 0 radical (unpaired) electrons. The number of hydrogen-bond donors (Lipinski definition) is 0. The first-order chi connectivity index (χ1) is 14.0. The molecular formula is C19H22N6O3S. The maximum absolute atomic E-state index is 10.8. The maximum atomic E-state index is 10.8. The van der Waals surface area contributed by atoms with Crippen LogP contribution in [0.2, 0.25) is 0 Å². The van der Waals surface area contributed by atoms with E-state index in [-0.39, 0.29) is 5.69 Å². The van der Waals surface area contributed by atoms with E-state index in [9.17, 15) is 10.1 Å². The fourth-order valence-electron chi connectivity index (χ4n) is 2.51. The average Bonchev–Trinajstić information content (AvgIpc) is 3.33. The topological polar surface area (TPSA) is 101 Å². The van der Waals surface area contributed by atoms with E-state index in [1.807, 2.05) is 28.8 Å². The van der Waals surface area contributed by atoms with E-state index in [4.69, 9.17) is 4.74 Å². The van der Waals surface area contributed by atoms with Crippen molar-refractivity contribution in [1.82, 2.24) is 24.5 Å². The molecule has 0 aliphatic rings. The molecule has 0 amide bonds. The number of benzene rings is 1. The standard InChI is InChI=1S/C19H22N6O3S/c1-4-9-24-18(15-5-7-17(8-6-15)28-12-14(2)3)21-22-19(24)29-13-23-11-16(10-20-23)25(26)27/h4-8,10-11,14H,1,9,12-13H2,2-3H3. The van der Waals surface area contributed by atoms with Gasteiger partial charge in [-0.25, -0.2) is 0 Å². The smallest absolute Gasteiger partial charge is 0.307 e. The maximum Gasteiger partial charge on any atom is 0.307 e. The predicted molar refractivity (Wildman–Crippen MR) is 111 cm³/mol. The minimum atomic E-state index is -0.471. The second kappa shape index (κ2) is 9.37. The third-order valence-electron chi connectivity index (χ3n) is 3.88. The highest BCUT2D eigenvalue weighted by Gasteiger charge is 2.15. The number of allylic oxidation sites excluding steroid dienone is 1. The van der Waals surface area contributed by atoms with Gasteiger partial charge in [0.2, 0.25) is 0 Å². The summed E-state index contributed by atoms with van der Waals surface area (Å²) in [4.78, 5) is 10.3. The largest absolute Gasteiger partial charge is 0.493 e. The van der Waals surface area contributed by atoms with E-state index in [0.717, 1.165) is 11.3 Å². The van der Waals surface area contributed by atoms with Crippen molar-refractivity contribution < 1.29 is 9.66 Å². The van der Waals surface area contributed by atoms with Crippen LogP contribution in [0.1, 0.15) is 13.8 Å². The molecule has 0 saturated carbocycles. The number of nitro groups is 1. The molecule has 0 N–H and O–H groups in total. The Morgan fingerprint density at radius 3 is 2.69 bits per heavy atom. The van der Waals surface area contributed by atoms with Gasteiger partial charge >= 0.3 is 5.69 Å². The van der Waals surface area contributed by atoms with Gasteiger partial charge in [0.1, 0.15) is 18.1 Å². The van der Waals surface area contributed by atoms with E-state index in [1.54, 1.807) is 6.08 Å². The second-order valence-electron chi connectivity index (χ2n) is 6.70. The Hall–Kier alpha value is -3.14. The molecule has 152 valence electrons. The summed E-state index contributed by atoms with van der Waals surface area (Å²) in [5.74, 6) is 2.37. The number of aromatic nitrogens is 5. The van der Waals surface area contributed by atoms with Crippen LogP contribution >= 0.6 is 11.8 Å². The van der Waals surface area contributed by atoms with Crippen LogP contribution in [-0.2, 0) is 12.4 Å². The first-order valence-corrected chi connectivity index (χ1v) is 10.0. The fraction of sp³-hybridized carbons (Fsp3) is 0.316. The lowest BCUT2D eigenvalue weighted by Crippen LogP contribution is -2.04. The molecule has 29 heavy (non-hydrogen) atoms. The van der Waals surface area contributed by atoms with Gasteiger partial charge in [0.15, 0.2) is 11.0 Å². The number of thioether (sulfide) groups is 1. The monoisotopic (exact) mass is 414 g/mol. The van der Waals surface area contributed by atoms with Crippen molar-refractivity contribution in [3.63, 3.8) is 0 Å². The zero-order valence-corrected chi connectivity index (χ0v) is 17.1. The molecule has 0 atom stereocenters. The van der Waals surface area contributed by atoms with E-state index in [2.05, 4.69) is 35.7 Å². The van der Waals surface area contributed by atoms with E-state index >= 15 is 0 Å². The Morgan fingerprint density at radius 1 is 1.31 bits per heavy atom. The molecule has 0 fully saturated rings. The number of ether oxygens (including phenoxy) is 1. The molecule has 0 spiro atoms.